The Hall–Kier alpha value is -2.50. The second-order valence-electron chi connectivity index (χ2n) is 4.52. The van der Waals surface area contributed by atoms with Gasteiger partial charge in [-0.3, -0.25) is 4.79 Å². The minimum Gasteiger partial charge on any atom is -0.493 e. The minimum atomic E-state index is -0.116. The van der Waals surface area contributed by atoms with Gasteiger partial charge in [0.2, 0.25) is 11.8 Å². The Bertz CT molecular complexity index is 595. The molecule has 1 amide bonds. The highest BCUT2D eigenvalue weighted by atomic mass is 16.5. The van der Waals surface area contributed by atoms with E-state index >= 15 is 0 Å². The zero-order valence-corrected chi connectivity index (χ0v) is 12.0. The third kappa shape index (κ3) is 4.83. The predicted molar refractivity (Wildman–Crippen MR) is 78.7 cm³/mol. The molecule has 3 N–H and O–H groups in total. The van der Waals surface area contributed by atoms with Gasteiger partial charge in [-0.25, -0.2) is 4.98 Å². The smallest absolute Gasteiger partial charge is 0.223 e. The second-order valence-corrected chi connectivity index (χ2v) is 4.52. The van der Waals surface area contributed by atoms with Crippen molar-refractivity contribution in [2.45, 2.75) is 26.3 Å². The van der Waals surface area contributed by atoms with E-state index in [0.29, 0.717) is 23.9 Å². The number of rotatable bonds is 7. The lowest BCUT2D eigenvalue weighted by atomic mass is 10.3. The lowest BCUT2D eigenvalue weighted by Crippen LogP contribution is -2.24. The number of nitrogens with zero attached hydrogens (tertiary/aromatic N) is 1. The average Bonchev–Trinajstić information content (AvgIpc) is 2.93. The summed E-state index contributed by atoms with van der Waals surface area (Å²) in [6, 6.07) is 7.10. The number of hydrogen-bond acceptors (Lipinski definition) is 5. The summed E-state index contributed by atoms with van der Waals surface area (Å²) in [6.45, 7) is 2.56. The molecule has 112 valence electrons. The van der Waals surface area contributed by atoms with E-state index in [-0.39, 0.29) is 18.9 Å². The summed E-state index contributed by atoms with van der Waals surface area (Å²) in [5, 5.41) is 2.73. The van der Waals surface area contributed by atoms with E-state index in [1.807, 2.05) is 6.92 Å². The van der Waals surface area contributed by atoms with E-state index in [0.717, 1.165) is 12.2 Å². The van der Waals surface area contributed by atoms with Crippen molar-refractivity contribution in [2.24, 2.45) is 0 Å². The number of hydrogen-bond donors (Lipinski definition) is 2. The highest BCUT2D eigenvalue weighted by Crippen LogP contribution is 2.14. The Morgan fingerprint density at radius 1 is 1.48 bits per heavy atom. The third-order valence-electron chi connectivity index (χ3n) is 2.84. The van der Waals surface area contributed by atoms with E-state index in [4.69, 9.17) is 14.9 Å². The zero-order valence-electron chi connectivity index (χ0n) is 12.0. The van der Waals surface area contributed by atoms with Crippen molar-refractivity contribution >= 4 is 11.6 Å². The first-order valence-corrected chi connectivity index (χ1v) is 6.86. The number of aromatic nitrogens is 1. The van der Waals surface area contributed by atoms with Crippen molar-refractivity contribution in [2.75, 3.05) is 12.3 Å². The van der Waals surface area contributed by atoms with Crippen molar-refractivity contribution in [1.82, 2.24) is 10.3 Å². The number of carbonyl (C=O) groups is 1. The summed E-state index contributed by atoms with van der Waals surface area (Å²) >= 11 is 0. The molecule has 0 aliphatic rings. The zero-order chi connectivity index (χ0) is 15.1. The van der Waals surface area contributed by atoms with Crippen molar-refractivity contribution in [1.29, 1.82) is 0 Å². The van der Waals surface area contributed by atoms with Crippen LogP contribution in [-0.4, -0.2) is 17.5 Å². The van der Waals surface area contributed by atoms with Crippen LogP contribution in [0, 0.1) is 0 Å². The standard InChI is InChI=1S/C15H19N3O3/c1-2-12-9-18-15(21-12)10-17-14(19)6-7-20-13-5-3-4-11(16)8-13/h3-5,8-9H,2,6-7,10,16H2,1H3,(H,17,19). The fourth-order valence-electron chi connectivity index (χ4n) is 1.72. The van der Waals surface area contributed by atoms with Crippen LogP contribution >= 0.6 is 0 Å². The molecular weight excluding hydrogens is 270 g/mol. The van der Waals surface area contributed by atoms with Gasteiger partial charge in [0.25, 0.3) is 0 Å². The lowest BCUT2D eigenvalue weighted by molar-refractivity contribution is -0.121. The molecule has 0 saturated carbocycles. The van der Waals surface area contributed by atoms with E-state index < -0.39 is 0 Å². The third-order valence-corrected chi connectivity index (χ3v) is 2.84. The summed E-state index contributed by atoms with van der Waals surface area (Å²) in [5.74, 6) is 1.86. The van der Waals surface area contributed by atoms with Gasteiger partial charge >= 0.3 is 0 Å². The van der Waals surface area contributed by atoms with Crippen LogP contribution in [0.5, 0.6) is 5.75 Å². The van der Waals surface area contributed by atoms with Crippen LogP contribution in [0.25, 0.3) is 0 Å². The number of nitrogens with one attached hydrogen (secondary N) is 1. The van der Waals surface area contributed by atoms with Crippen LogP contribution in [0.4, 0.5) is 5.69 Å². The van der Waals surface area contributed by atoms with E-state index in [1.54, 1.807) is 30.5 Å². The molecule has 21 heavy (non-hydrogen) atoms. The normalized spacial score (nSPS) is 10.3. The first-order chi connectivity index (χ1) is 10.2. The Morgan fingerprint density at radius 2 is 2.33 bits per heavy atom. The highest BCUT2D eigenvalue weighted by molar-refractivity contribution is 5.75. The molecule has 1 heterocycles. The summed E-state index contributed by atoms with van der Waals surface area (Å²) in [6.07, 6.45) is 2.72. The molecule has 1 aromatic heterocycles. The number of nitrogen functional groups attached to an aromatic ring is 1. The van der Waals surface area contributed by atoms with Crippen molar-refractivity contribution in [3.05, 3.63) is 42.1 Å². The number of oxazole rings is 1. The maximum absolute atomic E-state index is 11.7. The topological polar surface area (TPSA) is 90.4 Å². The quantitative estimate of drug-likeness (QED) is 0.760. The van der Waals surface area contributed by atoms with Crippen LogP contribution in [-0.2, 0) is 17.8 Å². The lowest BCUT2D eigenvalue weighted by Gasteiger charge is -2.06. The summed E-state index contributed by atoms with van der Waals surface area (Å²) in [4.78, 5) is 15.7. The monoisotopic (exact) mass is 289 g/mol. The molecule has 0 bridgehead atoms. The second kappa shape index (κ2) is 7.33. The van der Waals surface area contributed by atoms with Crippen LogP contribution in [0.1, 0.15) is 25.0 Å². The van der Waals surface area contributed by atoms with Gasteiger partial charge in [-0.15, -0.1) is 0 Å². The molecule has 0 fully saturated rings. The van der Waals surface area contributed by atoms with E-state index in [2.05, 4.69) is 10.3 Å². The Labute approximate surface area is 123 Å². The van der Waals surface area contributed by atoms with Gasteiger partial charge in [-0.2, -0.15) is 0 Å². The largest absolute Gasteiger partial charge is 0.493 e. The van der Waals surface area contributed by atoms with Crippen LogP contribution in [0.2, 0.25) is 0 Å². The van der Waals surface area contributed by atoms with Crippen LogP contribution in [0.15, 0.2) is 34.9 Å². The molecule has 0 unspecified atom stereocenters. The number of carbonyl (C=O) groups excluding carboxylic acids is 1. The summed E-state index contributed by atoms with van der Waals surface area (Å²) < 4.78 is 10.9. The fraction of sp³-hybridized carbons (Fsp3) is 0.333. The molecule has 0 spiro atoms. The molecular formula is C15H19N3O3. The average molecular weight is 289 g/mol. The molecule has 2 rings (SSSR count). The molecule has 0 aliphatic heterocycles. The molecule has 1 aromatic carbocycles. The molecule has 0 saturated heterocycles. The maximum atomic E-state index is 11.7. The van der Waals surface area contributed by atoms with Gasteiger partial charge in [0.15, 0.2) is 0 Å². The Balaban J connectivity index is 1.67. The predicted octanol–water partition coefficient (Wildman–Crippen LogP) is 1.90. The first-order valence-electron chi connectivity index (χ1n) is 6.86. The number of anilines is 1. The molecule has 0 aliphatic carbocycles. The first kappa shape index (κ1) is 14.9. The molecule has 0 atom stereocenters. The SMILES string of the molecule is CCc1cnc(CNC(=O)CCOc2cccc(N)c2)o1. The summed E-state index contributed by atoms with van der Waals surface area (Å²) in [5.41, 5.74) is 6.27. The maximum Gasteiger partial charge on any atom is 0.223 e. The van der Waals surface area contributed by atoms with Crippen molar-refractivity contribution in [3.8, 4) is 5.75 Å². The van der Waals surface area contributed by atoms with Crippen LogP contribution < -0.4 is 15.8 Å². The van der Waals surface area contributed by atoms with Gasteiger partial charge < -0.3 is 20.2 Å². The number of aryl methyl sites for hydroxylation is 1. The molecule has 2 aromatic rings. The number of benzene rings is 1. The molecule has 6 nitrogen and oxygen atoms in total. The minimum absolute atomic E-state index is 0.116. The highest BCUT2D eigenvalue weighted by Gasteiger charge is 2.06. The van der Waals surface area contributed by atoms with Gasteiger partial charge in [-0.1, -0.05) is 13.0 Å². The fourth-order valence-corrected chi connectivity index (χ4v) is 1.72. The van der Waals surface area contributed by atoms with Crippen LogP contribution in [0.3, 0.4) is 0 Å². The van der Waals surface area contributed by atoms with Gasteiger partial charge in [0, 0.05) is 18.2 Å². The molecule has 0 radical (unpaired) electrons. The molecule has 6 heteroatoms. The van der Waals surface area contributed by atoms with E-state index in [1.165, 1.54) is 0 Å². The Morgan fingerprint density at radius 3 is 3.05 bits per heavy atom. The number of ether oxygens (including phenoxy) is 1. The van der Waals surface area contributed by atoms with Gasteiger partial charge in [0.05, 0.1) is 25.8 Å². The number of nitrogens with two attached hydrogens (primary N) is 1. The number of amides is 1. The van der Waals surface area contributed by atoms with E-state index in [9.17, 15) is 4.79 Å². The van der Waals surface area contributed by atoms with Crippen molar-refractivity contribution in [3.63, 3.8) is 0 Å². The summed E-state index contributed by atoms with van der Waals surface area (Å²) in [7, 11) is 0. The van der Waals surface area contributed by atoms with Crippen molar-refractivity contribution < 1.29 is 13.9 Å². The van der Waals surface area contributed by atoms with Gasteiger partial charge in [-0.05, 0) is 12.1 Å². The van der Waals surface area contributed by atoms with Gasteiger partial charge in [0.1, 0.15) is 11.5 Å². The Kier molecular flexibility index (Phi) is 5.20.